The fourth-order valence-corrected chi connectivity index (χ4v) is 3.66. The average Bonchev–Trinajstić information content (AvgIpc) is 2.47. The smallest absolute Gasteiger partial charge is 0.0401 e. The number of aryl methyl sites for hydroxylation is 1. The van der Waals surface area contributed by atoms with Gasteiger partial charge in [-0.25, -0.2) is 0 Å². The minimum Gasteiger partial charge on any atom is -0.368 e. The van der Waals surface area contributed by atoms with Gasteiger partial charge in [0.1, 0.15) is 0 Å². The molecule has 1 aromatic carbocycles. The molecule has 1 aliphatic rings. The molecule has 19 heavy (non-hydrogen) atoms. The monoisotopic (exact) mass is 277 g/mol. The van der Waals surface area contributed by atoms with Crippen LogP contribution >= 0.6 is 12.6 Å². The summed E-state index contributed by atoms with van der Waals surface area (Å²) in [6.45, 7) is 8.12. The van der Waals surface area contributed by atoms with Gasteiger partial charge in [-0.05, 0) is 55.4 Å². The van der Waals surface area contributed by atoms with Crippen molar-refractivity contribution in [2.75, 3.05) is 17.2 Å². The molecule has 0 saturated carbocycles. The number of fused-ring (bicyclic) bond motifs is 1. The summed E-state index contributed by atoms with van der Waals surface area (Å²) >= 11 is 4.63. The maximum absolute atomic E-state index is 4.63. The second-order valence-electron chi connectivity index (χ2n) is 6.01. The van der Waals surface area contributed by atoms with Crippen LogP contribution in [0.4, 0.5) is 5.69 Å². The molecule has 2 heteroatoms. The van der Waals surface area contributed by atoms with Crippen LogP contribution in [-0.4, -0.2) is 18.3 Å². The van der Waals surface area contributed by atoms with Gasteiger partial charge >= 0.3 is 0 Å². The molecule has 106 valence electrons. The van der Waals surface area contributed by atoms with Gasteiger partial charge in [0.2, 0.25) is 0 Å². The summed E-state index contributed by atoms with van der Waals surface area (Å²) in [4.78, 5) is 2.63. The van der Waals surface area contributed by atoms with Crippen molar-refractivity contribution in [1.82, 2.24) is 0 Å². The summed E-state index contributed by atoms with van der Waals surface area (Å²) in [7, 11) is 0. The Hall–Kier alpha value is -0.630. The van der Waals surface area contributed by atoms with E-state index in [0.717, 1.165) is 12.3 Å². The van der Waals surface area contributed by atoms with E-state index in [9.17, 15) is 0 Å². The zero-order chi connectivity index (χ0) is 13.9. The number of thiol groups is 1. The number of rotatable bonds is 5. The first-order valence-electron chi connectivity index (χ1n) is 7.61. The largest absolute Gasteiger partial charge is 0.368 e. The van der Waals surface area contributed by atoms with Crippen molar-refractivity contribution in [3.63, 3.8) is 0 Å². The lowest BCUT2D eigenvalue weighted by Crippen LogP contribution is -2.45. The van der Waals surface area contributed by atoms with Crippen LogP contribution in [0.15, 0.2) is 24.3 Å². The number of anilines is 1. The standard InChI is InChI=1S/C17H27NS/c1-4-17(5-2,13-19)12-18-14(3)10-11-15-8-6-7-9-16(15)18/h6-9,14,19H,4-5,10-13H2,1-3H3. The van der Waals surface area contributed by atoms with E-state index < -0.39 is 0 Å². The van der Waals surface area contributed by atoms with Crippen LogP contribution < -0.4 is 4.90 Å². The molecule has 0 fully saturated rings. The van der Waals surface area contributed by atoms with E-state index in [1.165, 1.54) is 36.9 Å². The highest BCUT2D eigenvalue weighted by molar-refractivity contribution is 7.80. The zero-order valence-electron chi connectivity index (χ0n) is 12.5. The lowest BCUT2D eigenvalue weighted by atomic mass is 9.82. The van der Waals surface area contributed by atoms with E-state index in [2.05, 4.69) is 62.6 Å². The first kappa shape index (κ1) is 14.8. The van der Waals surface area contributed by atoms with Gasteiger partial charge in [-0.15, -0.1) is 0 Å². The minimum atomic E-state index is 0.349. The summed E-state index contributed by atoms with van der Waals surface area (Å²) in [6, 6.07) is 9.56. The minimum absolute atomic E-state index is 0.349. The van der Waals surface area contributed by atoms with Crippen molar-refractivity contribution in [2.45, 2.75) is 52.5 Å². The molecule has 2 rings (SSSR count). The first-order chi connectivity index (χ1) is 9.15. The quantitative estimate of drug-likeness (QED) is 0.772. The molecule has 0 amide bonds. The van der Waals surface area contributed by atoms with E-state index in [0.29, 0.717) is 11.5 Å². The van der Waals surface area contributed by atoms with Crippen LogP contribution in [0.2, 0.25) is 0 Å². The lowest BCUT2D eigenvalue weighted by Gasteiger charge is -2.43. The average molecular weight is 277 g/mol. The molecule has 0 N–H and O–H groups in total. The Morgan fingerprint density at radius 1 is 1.26 bits per heavy atom. The van der Waals surface area contributed by atoms with Crippen molar-refractivity contribution in [3.05, 3.63) is 29.8 Å². The van der Waals surface area contributed by atoms with Crippen molar-refractivity contribution < 1.29 is 0 Å². The van der Waals surface area contributed by atoms with Gasteiger partial charge in [-0.3, -0.25) is 0 Å². The molecule has 0 spiro atoms. The Balaban J connectivity index is 2.28. The molecule has 0 saturated heterocycles. The molecule has 0 aromatic heterocycles. The molecule has 1 nitrogen and oxygen atoms in total. The molecular weight excluding hydrogens is 250 g/mol. The zero-order valence-corrected chi connectivity index (χ0v) is 13.4. The summed E-state index contributed by atoms with van der Waals surface area (Å²) < 4.78 is 0. The molecule has 0 aliphatic carbocycles. The summed E-state index contributed by atoms with van der Waals surface area (Å²) in [6.07, 6.45) is 4.91. The topological polar surface area (TPSA) is 3.24 Å². The normalized spacial score (nSPS) is 19.4. The molecule has 1 aliphatic heterocycles. The van der Waals surface area contributed by atoms with Gasteiger partial charge in [0.15, 0.2) is 0 Å². The first-order valence-corrected chi connectivity index (χ1v) is 8.24. The van der Waals surface area contributed by atoms with Crippen LogP contribution in [0.3, 0.4) is 0 Å². The van der Waals surface area contributed by atoms with E-state index in [1.54, 1.807) is 0 Å². The Kier molecular flexibility index (Phi) is 4.83. The molecule has 1 atom stereocenters. The van der Waals surface area contributed by atoms with Gasteiger partial charge in [0, 0.05) is 18.3 Å². The third kappa shape index (κ3) is 2.94. The van der Waals surface area contributed by atoms with E-state index >= 15 is 0 Å². The third-order valence-electron chi connectivity index (χ3n) is 5.01. The second-order valence-corrected chi connectivity index (χ2v) is 6.33. The fourth-order valence-electron chi connectivity index (χ4n) is 3.11. The van der Waals surface area contributed by atoms with Gasteiger partial charge < -0.3 is 4.90 Å². The van der Waals surface area contributed by atoms with Crippen LogP contribution in [0.1, 0.15) is 45.6 Å². The lowest BCUT2D eigenvalue weighted by molar-refractivity contribution is 0.297. The van der Waals surface area contributed by atoms with Crippen molar-refractivity contribution in [3.8, 4) is 0 Å². The van der Waals surface area contributed by atoms with E-state index in [4.69, 9.17) is 0 Å². The molecule has 0 bridgehead atoms. The van der Waals surface area contributed by atoms with E-state index in [-0.39, 0.29) is 0 Å². The Morgan fingerprint density at radius 2 is 1.95 bits per heavy atom. The van der Waals surface area contributed by atoms with Gasteiger partial charge in [0.05, 0.1) is 0 Å². The van der Waals surface area contributed by atoms with Crippen LogP contribution in [0.25, 0.3) is 0 Å². The van der Waals surface area contributed by atoms with Crippen LogP contribution in [-0.2, 0) is 6.42 Å². The second kappa shape index (κ2) is 6.21. The number of benzene rings is 1. The SMILES string of the molecule is CCC(CC)(CS)CN1c2ccccc2CCC1C. The predicted octanol–water partition coefficient (Wildman–Crippen LogP) is 4.56. The molecule has 0 radical (unpaired) electrons. The van der Waals surface area contributed by atoms with E-state index in [1.807, 2.05) is 0 Å². The number of para-hydroxylation sites is 1. The Morgan fingerprint density at radius 3 is 2.58 bits per heavy atom. The number of hydrogen-bond donors (Lipinski definition) is 1. The molecule has 1 aromatic rings. The summed E-state index contributed by atoms with van der Waals surface area (Å²) in [5.41, 5.74) is 3.32. The highest BCUT2D eigenvalue weighted by Crippen LogP contribution is 2.36. The summed E-state index contributed by atoms with van der Waals surface area (Å²) in [5.74, 6) is 0.978. The van der Waals surface area contributed by atoms with Crippen molar-refractivity contribution >= 4 is 18.3 Å². The Labute approximate surface area is 123 Å². The maximum Gasteiger partial charge on any atom is 0.0401 e. The number of hydrogen-bond acceptors (Lipinski definition) is 2. The van der Waals surface area contributed by atoms with Crippen LogP contribution in [0, 0.1) is 5.41 Å². The highest BCUT2D eigenvalue weighted by Gasteiger charge is 2.31. The fraction of sp³-hybridized carbons (Fsp3) is 0.647. The highest BCUT2D eigenvalue weighted by atomic mass is 32.1. The number of nitrogens with zero attached hydrogens (tertiary/aromatic N) is 1. The third-order valence-corrected chi connectivity index (χ3v) is 5.68. The van der Waals surface area contributed by atoms with Gasteiger partial charge in [0.25, 0.3) is 0 Å². The molecular formula is C17H27NS. The summed E-state index contributed by atoms with van der Waals surface area (Å²) in [5, 5.41) is 0. The Bertz CT molecular complexity index is 403. The van der Waals surface area contributed by atoms with Gasteiger partial charge in [-0.1, -0.05) is 32.0 Å². The van der Waals surface area contributed by atoms with Crippen molar-refractivity contribution in [2.24, 2.45) is 5.41 Å². The van der Waals surface area contributed by atoms with Crippen LogP contribution in [0.5, 0.6) is 0 Å². The van der Waals surface area contributed by atoms with Crippen molar-refractivity contribution in [1.29, 1.82) is 0 Å². The molecule has 1 heterocycles. The molecule has 1 unspecified atom stereocenters. The maximum atomic E-state index is 4.63. The predicted molar refractivity (Wildman–Crippen MR) is 88.4 cm³/mol. The van der Waals surface area contributed by atoms with Gasteiger partial charge in [-0.2, -0.15) is 12.6 Å².